The Hall–Kier alpha value is -2.71. The number of hydrogen-bond acceptors (Lipinski definition) is 5. The van der Waals surface area contributed by atoms with Crippen LogP contribution < -0.4 is 10.0 Å². The average molecular weight is 419 g/mol. The van der Waals surface area contributed by atoms with E-state index in [9.17, 15) is 18.0 Å². The second kappa shape index (κ2) is 9.67. The number of hydrogen-bond donors (Lipinski definition) is 2. The van der Waals surface area contributed by atoms with Gasteiger partial charge in [-0.05, 0) is 43.5 Å². The number of aryl methyl sites for hydroxylation is 1. The third kappa shape index (κ3) is 6.40. The summed E-state index contributed by atoms with van der Waals surface area (Å²) < 4.78 is 31.9. The largest absolute Gasteiger partial charge is 0.454 e. The van der Waals surface area contributed by atoms with Crippen LogP contribution in [0, 0.1) is 6.92 Å². The van der Waals surface area contributed by atoms with Gasteiger partial charge in [-0.2, -0.15) is 4.72 Å². The first-order valence-electron chi connectivity index (χ1n) is 9.24. The number of carbonyl (C=O) groups excluding carboxylic acids is 2. The van der Waals surface area contributed by atoms with Gasteiger partial charge in [-0.25, -0.2) is 8.42 Å². The smallest absolute Gasteiger partial charge is 0.324 e. The zero-order chi connectivity index (χ0) is 21.6. The highest BCUT2D eigenvalue weighted by atomic mass is 32.2. The van der Waals surface area contributed by atoms with Gasteiger partial charge in [-0.3, -0.25) is 9.59 Å². The topological polar surface area (TPSA) is 102 Å². The molecule has 0 aliphatic heterocycles. The van der Waals surface area contributed by atoms with Crippen molar-refractivity contribution in [2.45, 2.75) is 44.6 Å². The molecule has 0 saturated carbocycles. The summed E-state index contributed by atoms with van der Waals surface area (Å²) in [5.74, 6) is -1.13. The van der Waals surface area contributed by atoms with E-state index < -0.39 is 34.5 Å². The molecule has 8 heteroatoms. The molecule has 156 valence electrons. The lowest BCUT2D eigenvalue weighted by Gasteiger charge is -2.15. The van der Waals surface area contributed by atoms with Crippen LogP contribution in [0.25, 0.3) is 0 Å². The number of ether oxygens (including phenoxy) is 1. The van der Waals surface area contributed by atoms with Crippen molar-refractivity contribution >= 4 is 27.6 Å². The minimum atomic E-state index is -3.87. The molecule has 29 heavy (non-hydrogen) atoms. The van der Waals surface area contributed by atoms with Crippen LogP contribution in [-0.2, 0) is 24.3 Å². The summed E-state index contributed by atoms with van der Waals surface area (Å²) in [6, 6.07) is 12.5. The molecule has 2 N–H and O–H groups in total. The monoisotopic (exact) mass is 418 g/mol. The molecule has 0 unspecified atom stereocenters. The second-order valence-corrected chi connectivity index (χ2v) is 8.77. The summed E-state index contributed by atoms with van der Waals surface area (Å²) in [6.07, 6.45) is 0. The van der Waals surface area contributed by atoms with E-state index in [1.54, 1.807) is 24.3 Å². The van der Waals surface area contributed by atoms with E-state index >= 15 is 0 Å². The van der Waals surface area contributed by atoms with Gasteiger partial charge in [0.2, 0.25) is 10.0 Å². The molecule has 0 saturated heterocycles. The number of sulfonamides is 1. The molecule has 1 atom stereocenters. The van der Waals surface area contributed by atoms with Gasteiger partial charge in [-0.15, -0.1) is 0 Å². The fourth-order valence-corrected chi connectivity index (χ4v) is 3.82. The van der Waals surface area contributed by atoms with Gasteiger partial charge in [0.25, 0.3) is 5.91 Å². The van der Waals surface area contributed by atoms with Crippen LogP contribution in [0.5, 0.6) is 0 Å². The van der Waals surface area contributed by atoms with Gasteiger partial charge in [0.15, 0.2) is 6.61 Å². The highest BCUT2D eigenvalue weighted by Gasteiger charge is 2.23. The molecule has 2 aromatic rings. The molecule has 0 fully saturated rings. The normalized spacial score (nSPS) is 12.4. The lowest BCUT2D eigenvalue weighted by molar-refractivity contribution is -0.148. The maximum atomic E-state index is 12.3. The summed E-state index contributed by atoms with van der Waals surface area (Å²) in [5, 5.41) is 2.71. The SMILES string of the molecule is Cc1ccc(S(=O)(=O)N[C@@H](C)C(=O)OCC(=O)Nc2ccccc2C(C)C)cc1. The minimum Gasteiger partial charge on any atom is -0.454 e. The number of nitrogens with one attached hydrogen (secondary N) is 2. The van der Waals surface area contributed by atoms with Crippen LogP contribution >= 0.6 is 0 Å². The van der Waals surface area contributed by atoms with Crippen LogP contribution in [0.15, 0.2) is 53.4 Å². The van der Waals surface area contributed by atoms with Gasteiger partial charge < -0.3 is 10.1 Å². The predicted molar refractivity (Wildman–Crippen MR) is 111 cm³/mol. The number of benzene rings is 2. The molecule has 2 aromatic carbocycles. The Morgan fingerprint density at radius 3 is 2.24 bits per heavy atom. The van der Waals surface area contributed by atoms with E-state index in [2.05, 4.69) is 10.0 Å². The van der Waals surface area contributed by atoms with Gasteiger partial charge in [-0.1, -0.05) is 49.7 Å². The van der Waals surface area contributed by atoms with Crippen molar-refractivity contribution in [1.29, 1.82) is 0 Å². The molecule has 0 aromatic heterocycles. The van der Waals surface area contributed by atoms with Gasteiger partial charge in [0.05, 0.1) is 4.90 Å². The molecule has 7 nitrogen and oxygen atoms in total. The fraction of sp³-hybridized carbons (Fsp3) is 0.333. The van der Waals surface area contributed by atoms with Gasteiger partial charge in [0, 0.05) is 5.69 Å². The highest BCUT2D eigenvalue weighted by Crippen LogP contribution is 2.23. The number of amides is 1. The number of anilines is 1. The minimum absolute atomic E-state index is 0.0470. The van der Waals surface area contributed by atoms with Crippen molar-refractivity contribution in [2.24, 2.45) is 0 Å². The van der Waals surface area contributed by atoms with Crippen LogP contribution in [-0.4, -0.2) is 32.9 Å². The zero-order valence-corrected chi connectivity index (χ0v) is 17.7. The van der Waals surface area contributed by atoms with Gasteiger partial charge >= 0.3 is 5.97 Å². The van der Waals surface area contributed by atoms with E-state index in [1.165, 1.54) is 19.1 Å². The van der Waals surface area contributed by atoms with Gasteiger partial charge in [0.1, 0.15) is 6.04 Å². The summed E-state index contributed by atoms with van der Waals surface area (Å²) in [6.45, 7) is 6.70. The highest BCUT2D eigenvalue weighted by molar-refractivity contribution is 7.89. The molecule has 0 bridgehead atoms. The summed E-state index contributed by atoms with van der Waals surface area (Å²) in [7, 11) is -3.87. The fourth-order valence-electron chi connectivity index (χ4n) is 2.63. The average Bonchev–Trinajstić information content (AvgIpc) is 2.66. The molecule has 0 radical (unpaired) electrons. The maximum Gasteiger partial charge on any atom is 0.324 e. The molecule has 0 aliphatic rings. The summed E-state index contributed by atoms with van der Waals surface area (Å²) >= 11 is 0. The van der Waals surface area contributed by atoms with Crippen molar-refractivity contribution < 1.29 is 22.7 Å². The lowest BCUT2D eigenvalue weighted by Crippen LogP contribution is -2.40. The standard InChI is InChI=1S/C21H26N2O5S/c1-14(2)18-7-5-6-8-19(18)22-20(24)13-28-21(25)16(4)23-29(26,27)17-11-9-15(3)10-12-17/h5-12,14,16,23H,13H2,1-4H3,(H,22,24)/t16-/m0/s1. The van der Waals surface area contributed by atoms with Crippen molar-refractivity contribution in [3.63, 3.8) is 0 Å². The molecular weight excluding hydrogens is 392 g/mol. The quantitative estimate of drug-likeness (QED) is 0.642. The molecule has 1 amide bonds. The van der Waals surface area contributed by atoms with E-state index in [-0.39, 0.29) is 10.8 Å². The Balaban J connectivity index is 1.91. The number of para-hydroxylation sites is 1. The van der Waals surface area contributed by atoms with Crippen molar-refractivity contribution in [1.82, 2.24) is 4.72 Å². The molecular formula is C21H26N2O5S. The zero-order valence-electron chi connectivity index (χ0n) is 16.9. The number of rotatable bonds is 8. The number of carbonyl (C=O) groups is 2. The Bertz CT molecular complexity index is 969. The van der Waals surface area contributed by atoms with Crippen LogP contribution in [0.3, 0.4) is 0 Å². The van der Waals surface area contributed by atoms with Crippen LogP contribution in [0.2, 0.25) is 0 Å². The van der Waals surface area contributed by atoms with Crippen molar-refractivity contribution in [3.8, 4) is 0 Å². The lowest BCUT2D eigenvalue weighted by atomic mass is 10.0. The first kappa shape index (κ1) is 22.6. The Kier molecular flexibility index (Phi) is 7.53. The van der Waals surface area contributed by atoms with E-state index in [0.29, 0.717) is 5.69 Å². The molecule has 2 rings (SSSR count). The van der Waals surface area contributed by atoms with E-state index in [1.807, 2.05) is 32.9 Å². The predicted octanol–water partition coefficient (Wildman–Crippen LogP) is 2.97. The first-order valence-corrected chi connectivity index (χ1v) is 10.7. The van der Waals surface area contributed by atoms with E-state index in [4.69, 9.17) is 4.74 Å². The summed E-state index contributed by atoms with van der Waals surface area (Å²) in [4.78, 5) is 24.3. The van der Waals surface area contributed by atoms with Crippen LogP contribution in [0.1, 0.15) is 37.8 Å². The third-order valence-electron chi connectivity index (χ3n) is 4.22. The maximum absolute atomic E-state index is 12.3. The summed E-state index contributed by atoms with van der Waals surface area (Å²) in [5.41, 5.74) is 2.53. The third-order valence-corrected chi connectivity index (χ3v) is 5.78. The Labute approximate surface area is 171 Å². The van der Waals surface area contributed by atoms with Crippen molar-refractivity contribution in [3.05, 3.63) is 59.7 Å². The number of esters is 1. The molecule has 0 aliphatic carbocycles. The Morgan fingerprint density at radius 1 is 1.00 bits per heavy atom. The first-order chi connectivity index (χ1) is 13.6. The van der Waals surface area contributed by atoms with Crippen LogP contribution in [0.4, 0.5) is 5.69 Å². The van der Waals surface area contributed by atoms with E-state index in [0.717, 1.165) is 11.1 Å². The molecule has 0 heterocycles. The second-order valence-electron chi connectivity index (χ2n) is 7.05. The van der Waals surface area contributed by atoms with Crippen molar-refractivity contribution in [2.75, 3.05) is 11.9 Å². The molecule has 0 spiro atoms. The Morgan fingerprint density at radius 2 is 1.62 bits per heavy atom.